The number of amides is 1. The molecule has 0 bridgehead atoms. The van der Waals surface area contributed by atoms with E-state index in [1.165, 1.54) is 17.6 Å². The largest absolute Gasteiger partial charge is 0.471 e. The third kappa shape index (κ3) is 2.35. The summed E-state index contributed by atoms with van der Waals surface area (Å²) in [6.45, 7) is 0. The Bertz CT molecular complexity index is 396. The van der Waals surface area contributed by atoms with Crippen LogP contribution in [0.3, 0.4) is 0 Å². The lowest BCUT2D eigenvalue weighted by molar-refractivity contribution is -0.167. The van der Waals surface area contributed by atoms with Gasteiger partial charge in [0.05, 0.1) is 0 Å². The van der Waals surface area contributed by atoms with Crippen LogP contribution in [-0.4, -0.2) is 17.1 Å². The van der Waals surface area contributed by atoms with E-state index in [1.807, 2.05) is 0 Å². The van der Waals surface area contributed by atoms with E-state index in [2.05, 4.69) is 4.98 Å². The summed E-state index contributed by atoms with van der Waals surface area (Å²) in [5, 5.41) is 1.44. The number of alkyl halides is 3. The minimum Gasteiger partial charge on any atom is -0.327 e. The Hall–Kier alpha value is -1.79. The highest BCUT2D eigenvalue weighted by atomic mass is 19.4. The van der Waals surface area contributed by atoms with Crippen molar-refractivity contribution >= 4 is 11.6 Å². The molecule has 1 amide bonds. The van der Waals surface area contributed by atoms with Gasteiger partial charge in [-0.1, -0.05) is 0 Å². The molecule has 76 valence electrons. The first kappa shape index (κ1) is 10.3. The molecule has 0 fully saturated rings. The van der Waals surface area contributed by atoms with Crippen LogP contribution in [0.25, 0.3) is 0 Å². The van der Waals surface area contributed by atoms with E-state index in [0.29, 0.717) is 0 Å². The Kier molecular flexibility index (Phi) is 2.59. The Balaban J connectivity index is 2.86. The molecule has 0 aliphatic heterocycles. The van der Waals surface area contributed by atoms with Crippen molar-refractivity contribution in [3.63, 3.8) is 0 Å². The van der Waals surface area contributed by atoms with Crippen LogP contribution < -0.4 is 10.9 Å². The molecule has 0 aromatic carbocycles. The van der Waals surface area contributed by atoms with Gasteiger partial charge in [0.25, 0.3) is 5.56 Å². The molecular formula is C7H5F3N2O2. The molecular weight excluding hydrogens is 201 g/mol. The summed E-state index contributed by atoms with van der Waals surface area (Å²) >= 11 is 0. The zero-order chi connectivity index (χ0) is 10.8. The molecule has 1 aromatic heterocycles. The van der Waals surface area contributed by atoms with Crippen molar-refractivity contribution in [3.05, 3.63) is 28.7 Å². The molecule has 0 saturated heterocycles. The van der Waals surface area contributed by atoms with Gasteiger partial charge in [-0.15, -0.1) is 0 Å². The Morgan fingerprint density at radius 3 is 2.57 bits per heavy atom. The Morgan fingerprint density at radius 1 is 1.43 bits per heavy atom. The Labute approximate surface area is 75.8 Å². The number of hydrogen-bond acceptors (Lipinski definition) is 2. The highest BCUT2D eigenvalue weighted by Crippen LogP contribution is 2.16. The quantitative estimate of drug-likeness (QED) is 0.716. The number of carbonyl (C=O) groups excluding carboxylic acids is 1. The smallest absolute Gasteiger partial charge is 0.327 e. The monoisotopic (exact) mass is 206 g/mol. The molecule has 1 rings (SSSR count). The number of anilines is 1. The van der Waals surface area contributed by atoms with E-state index in [0.717, 1.165) is 6.07 Å². The number of H-pyrrole nitrogens is 1. The number of nitrogens with one attached hydrogen (secondary N) is 2. The number of hydrogen-bond donors (Lipinski definition) is 2. The topological polar surface area (TPSA) is 62.0 Å². The zero-order valence-electron chi connectivity index (χ0n) is 6.68. The van der Waals surface area contributed by atoms with E-state index in [9.17, 15) is 22.8 Å². The van der Waals surface area contributed by atoms with Crippen molar-refractivity contribution in [1.82, 2.24) is 4.98 Å². The van der Waals surface area contributed by atoms with Crippen LogP contribution in [-0.2, 0) is 4.79 Å². The highest BCUT2D eigenvalue weighted by molar-refractivity contribution is 5.94. The van der Waals surface area contributed by atoms with Crippen molar-refractivity contribution in [2.75, 3.05) is 5.32 Å². The predicted octanol–water partition coefficient (Wildman–Crippen LogP) is 0.876. The van der Waals surface area contributed by atoms with Gasteiger partial charge in [0.2, 0.25) is 0 Å². The van der Waals surface area contributed by atoms with Gasteiger partial charge in [-0.05, 0) is 12.1 Å². The van der Waals surface area contributed by atoms with Crippen molar-refractivity contribution in [3.8, 4) is 0 Å². The van der Waals surface area contributed by atoms with Gasteiger partial charge in [-0.25, -0.2) is 0 Å². The van der Waals surface area contributed by atoms with Crippen LogP contribution in [0.5, 0.6) is 0 Å². The van der Waals surface area contributed by atoms with Gasteiger partial charge in [-0.2, -0.15) is 13.2 Å². The summed E-state index contributed by atoms with van der Waals surface area (Å²) in [4.78, 5) is 23.4. The van der Waals surface area contributed by atoms with Gasteiger partial charge in [0, 0.05) is 6.20 Å². The van der Waals surface area contributed by atoms with Crippen LogP contribution in [0.1, 0.15) is 0 Å². The van der Waals surface area contributed by atoms with Crippen LogP contribution in [0.15, 0.2) is 23.1 Å². The minimum absolute atomic E-state index is 0.435. The van der Waals surface area contributed by atoms with Gasteiger partial charge >= 0.3 is 12.1 Å². The fraction of sp³-hybridized carbons (Fsp3) is 0.143. The summed E-state index contributed by atoms with van der Waals surface area (Å²) in [7, 11) is 0. The molecule has 0 radical (unpaired) electrons. The molecule has 0 unspecified atom stereocenters. The molecule has 14 heavy (non-hydrogen) atoms. The molecule has 2 N–H and O–H groups in total. The molecule has 0 aliphatic rings. The molecule has 0 aliphatic carbocycles. The molecule has 0 atom stereocenters. The number of carbonyl (C=O) groups is 1. The summed E-state index contributed by atoms with van der Waals surface area (Å²) in [6.07, 6.45) is -3.76. The third-order valence-corrected chi connectivity index (χ3v) is 1.32. The van der Waals surface area contributed by atoms with E-state index in [1.54, 1.807) is 0 Å². The first-order valence-corrected chi connectivity index (χ1v) is 3.47. The number of pyridine rings is 1. The SMILES string of the molecule is O=C(Nc1ccc[nH]c1=O)C(F)(F)F. The molecule has 4 nitrogen and oxygen atoms in total. The Morgan fingerprint density at radius 2 is 2.07 bits per heavy atom. The molecule has 0 spiro atoms. The number of aromatic nitrogens is 1. The molecule has 7 heteroatoms. The standard InChI is InChI=1S/C7H5F3N2O2/c8-7(9,10)6(14)12-4-2-1-3-11-5(4)13/h1-3H,(H,11,13)(H,12,14). The average Bonchev–Trinajstić information content (AvgIpc) is 2.07. The summed E-state index contributed by atoms with van der Waals surface area (Å²) < 4.78 is 35.2. The van der Waals surface area contributed by atoms with Gasteiger partial charge < -0.3 is 10.3 Å². The van der Waals surface area contributed by atoms with Crippen molar-refractivity contribution in [2.24, 2.45) is 0 Å². The first-order chi connectivity index (χ1) is 6.41. The maximum atomic E-state index is 11.7. The van der Waals surface area contributed by atoms with E-state index in [4.69, 9.17) is 0 Å². The van der Waals surface area contributed by atoms with Crippen molar-refractivity contribution < 1.29 is 18.0 Å². The third-order valence-electron chi connectivity index (χ3n) is 1.32. The fourth-order valence-corrected chi connectivity index (χ4v) is 0.713. The maximum Gasteiger partial charge on any atom is 0.471 e. The molecule has 1 heterocycles. The second kappa shape index (κ2) is 3.52. The van der Waals surface area contributed by atoms with Crippen molar-refractivity contribution in [1.29, 1.82) is 0 Å². The molecule has 1 aromatic rings. The second-order valence-electron chi connectivity index (χ2n) is 2.36. The fourth-order valence-electron chi connectivity index (χ4n) is 0.713. The van der Waals surface area contributed by atoms with E-state index < -0.39 is 23.3 Å². The normalized spacial score (nSPS) is 11.1. The van der Waals surface area contributed by atoms with Crippen LogP contribution in [0.4, 0.5) is 18.9 Å². The lowest BCUT2D eigenvalue weighted by Gasteiger charge is -2.06. The summed E-state index contributed by atoms with van der Waals surface area (Å²) in [5.41, 5.74) is -1.22. The predicted molar refractivity (Wildman–Crippen MR) is 41.7 cm³/mol. The second-order valence-corrected chi connectivity index (χ2v) is 2.36. The van der Waals surface area contributed by atoms with Crippen LogP contribution in [0, 0.1) is 0 Å². The lowest BCUT2D eigenvalue weighted by Crippen LogP contribution is -2.32. The summed E-state index contributed by atoms with van der Waals surface area (Å²) in [6, 6.07) is 2.37. The van der Waals surface area contributed by atoms with Crippen molar-refractivity contribution in [2.45, 2.75) is 6.18 Å². The maximum absolute atomic E-state index is 11.7. The zero-order valence-corrected chi connectivity index (χ0v) is 6.68. The molecule has 0 saturated carbocycles. The summed E-state index contributed by atoms with van der Waals surface area (Å²) in [5.74, 6) is -2.17. The minimum atomic E-state index is -5.00. The van der Waals surface area contributed by atoms with Gasteiger partial charge in [0.1, 0.15) is 5.69 Å². The van der Waals surface area contributed by atoms with Gasteiger partial charge in [-0.3, -0.25) is 9.59 Å². The van der Waals surface area contributed by atoms with E-state index in [-0.39, 0.29) is 0 Å². The highest BCUT2D eigenvalue weighted by Gasteiger charge is 2.38. The number of halogens is 3. The van der Waals surface area contributed by atoms with E-state index >= 15 is 0 Å². The average molecular weight is 206 g/mol. The number of aromatic amines is 1. The first-order valence-electron chi connectivity index (χ1n) is 3.47. The van der Waals surface area contributed by atoms with Crippen LogP contribution in [0.2, 0.25) is 0 Å². The van der Waals surface area contributed by atoms with Gasteiger partial charge in [0.15, 0.2) is 0 Å². The lowest BCUT2D eigenvalue weighted by atomic mass is 10.4. The number of rotatable bonds is 1. The van der Waals surface area contributed by atoms with Crippen LogP contribution >= 0.6 is 0 Å².